The Morgan fingerprint density at radius 1 is 1.36 bits per heavy atom. The van der Waals surface area contributed by atoms with Crippen LogP contribution in [0.5, 0.6) is 0 Å². The molecule has 0 spiro atoms. The molecule has 0 bridgehead atoms. The molecule has 3 aliphatic heterocycles. The van der Waals surface area contributed by atoms with Gasteiger partial charge in [-0.05, 0) is 77.2 Å². The maximum absolute atomic E-state index is 13.0. The first-order valence-electron chi connectivity index (χ1n) is 15.0. The maximum Gasteiger partial charge on any atom is 0.138 e. The molecular formula is C34H48FN5OS. The van der Waals surface area contributed by atoms with Gasteiger partial charge in [0.2, 0.25) is 0 Å². The number of thioether (sulfide) groups is 1. The van der Waals surface area contributed by atoms with Crippen LogP contribution in [0.4, 0.5) is 4.39 Å². The molecule has 0 aliphatic carbocycles. The van der Waals surface area contributed by atoms with Crippen LogP contribution in [-0.4, -0.2) is 91.7 Å². The summed E-state index contributed by atoms with van der Waals surface area (Å²) in [6.07, 6.45) is 18.2. The molecule has 3 heterocycles. The third-order valence-corrected chi connectivity index (χ3v) is 8.75. The summed E-state index contributed by atoms with van der Waals surface area (Å²) in [7, 11) is 4.32. The number of likely N-dealkylation sites (N-methyl/N-ethyl adjacent to an activating group) is 1. The minimum absolute atomic E-state index is 0.151. The van der Waals surface area contributed by atoms with Gasteiger partial charge in [-0.1, -0.05) is 56.5 Å². The van der Waals surface area contributed by atoms with Crippen molar-refractivity contribution in [3.05, 3.63) is 88.1 Å². The first-order chi connectivity index (χ1) is 20.3. The topological polar surface area (TPSA) is 54.7 Å². The molecule has 2 unspecified atom stereocenters. The molecule has 42 heavy (non-hydrogen) atoms. The van der Waals surface area contributed by atoms with E-state index < -0.39 is 6.67 Å². The number of aliphatic hydroxyl groups excluding tert-OH is 1. The van der Waals surface area contributed by atoms with E-state index in [4.69, 9.17) is 4.99 Å². The van der Waals surface area contributed by atoms with E-state index in [-0.39, 0.29) is 12.5 Å². The Morgan fingerprint density at radius 3 is 2.86 bits per heavy atom. The molecule has 2 atom stereocenters. The number of aliphatic imine (C=N–C) groups is 2. The standard InChI is InChI=1S/C34H48FN5OS/c1-7-10-28(13-12-26(3)22-35)34(36-4)32(25-41)42-20-19-39(6)24-31-21-30(8-2)37-33-15-14-29(23-40(31)33)27-11-9-17-38(5)18-16-27/h7,10,12-15,23,26-27,41H,1,4,8-9,11,16-20,22,24-25H2,2-3,5-6H3/b13-12-,28-10+,34-32-. The van der Waals surface area contributed by atoms with Crippen LogP contribution in [0.1, 0.15) is 39.5 Å². The zero-order valence-corrected chi connectivity index (χ0v) is 26.7. The number of allylic oxidation sites excluding steroid dienone is 6. The SMILES string of the molecule is C=C/C=C(\C=C/C(C)CF)C(/N=C)=C(\CO)SCCN(C)CC1=C=C(CC)N=C2C=CC(C3CCCN(C)CC3)=CN12. The number of halogens is 1. The Balaban J connectivity index is 1.71. The average molecular weight is 594 g/mol. The van der Waals surface area contributed by atoms with Gasteiger partial charge in [-0.2, -0.15) is 0 Å². The number of aliphatic hydroxyl groups is 1. The van der Waals surface area contributed by atoms with Crippen LogP contribution < -0.4 is 0 Å². The zero-order chi connectivity index (χ0) is 30.5. The van der Waals surface area contributed by atoms with Crippen molar-refractivity contribution in [3.63, 3.8) is 0 Å². The molecule has 3 rings (SSSR count). The number of hydrogen-bond acceptors (Lipinski definition) is 7. The second kappa shape index (κ2) is 17.4. The van der Waals surface area contributed by atoms with Gasteiger partial charge in [0, 0.05) is 41.4 Å². The molecule has 8 heteroatoms. The fourth-order valence-electron chi connectivity index (χ4n) is 5.16. The van der Waals surface area contributed by atoms with Gasteiger partial charge in [0.25, 0.3) is 0 Å². The first kappa shape index (κ1) is 33.8. The minimum Gasteiger partial charge on any atom is -0.391 e. The van der Waals surface area contributed by atoms with Crippen LogP contribution >= 0.6 is 11.8 Å². The molecule has 0 aromatic heterocycles. The van der Waals surface area contributed by atoms with E-state index in [1.54, 1.807) is 23.9 Å². The summed E-state index contributed by atoms with van der Waals surface area (Å²) in [5, 5.41) is 10.2. The lowest BCUT2D eigenvalue weighted by molar-refractivity contribution is 0.338. The summed E-state index contributed by atoms with van der Waals surface area (Å²) in [5.74, 6) is 2.07. The van der Waals surface area contributed by atoms with Crippen LogP contribution in [0.25, 0.3) is 0 Å². The van der Waals surface area contributed by atoms with Gasteiger partial charge < -0.3 is 10.0 Å². The second-order valence-electron chi connectivity index (χ2n) is 11.1. The summed E-state index contributed by atoms with van der Waals surface area (Å²) in [5.41, 5.74) is 8.39. The number of fused-ring (bicyclic) bond motifs is 1. The largest absolute Gasteiger partial charge is 0.391 e. The van der Waals surface area contributed by atoms with Gasteiger partial charge in [0.05, 0.1) is 30.4 Å². The van der Waals surface area contributed by atoms with Gasteiger partial charge in [-0.15, -0.1) is 11.8 Å². The molecule has 0 aromatic carbocycles. The average Bonchev–Trinajstić information content (AvgIpc) is 3.22. The van der Waals surface area contributed by atoms with E-state index in [2.05, 4.69) is 78.1 Å². The van der Waals surface area contributed by atoms with E-state index in [0.717, 1.165) is 59.5 Å². The smallest absolute Gasteiger partial charge is 0.138 e. The van der Waals surface area contributed by atoms with Gasteiger partial charge in [0.15, 0.2) is 0 Å². The number of amidine groups is 1. The highest BCUT2D eigenvalue weighted by Gasteiger charge is 2.25. The number of hydrogen-bond donors (Lipinski definition) is 1. The van der Waals surface area contributed by atoms with E-state index in [1.807, 2.05) is 19.1 Å². The predicted molar refractivity (Wildman–Crippen MR) is 178 cm³/mol. The minimum atomic E-state index is -0.436. The zero-order valence-electron chi connectivity index (χ0n) is 25.9. The van der Waals surface area contributed by atoms with Gasteiger partial charge >= 0.3 is 0 Å². The molecule has 1 fully saturated rings. The quantitative estimate of drug-likeness (QED) is 0.133. The molecule has 228 valence electrons. The van der Waals surface area contributed by atoms with Crippen molar-refractivity contribution in [2.45, 2.75) is 39.5 Å². The van der Waals surface area contributed by atoms with Crippen LogP contribution in [-0.2, 0) is 0 Å². The summed E-state index contributed by atoms with van der Waals surface area (Å²) >= 11 is 1.56. The number of alkyl halides is 1. The van der Waals surface area contributed by atoms with Crippen molar-refractivity contribution in [2.75, 3.05) is 59.3 Å². The fraction of sp³-hybridized carbons (Fsp3) is 0.500. The highest BCUT2D eigenvalue weighted by molar-refractivity contribution is 8.03. The maximum atomic E-state index is 13.0. The number of rotatable bonds is 15. The molecule has 1 saturated heterocycles. The Hall–Kier alpha value is -2.74. The van der Waals surface area contributed by atoms with Gasteiger partial charge in [-0.3, -0.25) is 19.2 Å². The van der Waals surface area contributed by atoms with Crippen molar-refractivity contribution in [1.29, 1.82) is 0 Å². The highest BCUT2D eigenvalue weighted by Crippen LogP contribution is 2.31. The van der Waals surface area contributed by atoms with Gasteiger partial charge in [-0.25, -0.2) is 4.99 Å². The van der Waals surface area contributed by atoms with Crippen LogP contribution in [0.2, 0.25) is 0 Å². The fourth-order valence-corrected chi connectivity index (χ4v) is 6.22. The number of nitrogens with zero attached hydrogens (tertiary/aromatic N) is 5. The molecule has 1 N–H and O–H groups in total. The molecular weight excluding hydrogens is 545 g/mol. The molecule has 0 amide bonds. The summed E-state index contributed by atoms with van der Waals surface area (Å²) in [6, 6.07) is 0. The van der Waals surface area contributed by atoms with Crippen LogP contribution in [0, 0.1) is 11.8 Å². The van der Waals surface area contributed by atoms with E-state index in [9.17, 15) is 9.50 Å². The normalized spacial score (nSPS) is 21.3. The first-order valence-corrected chi connectivity index (χ1v) is 16.0. The summed E-state index contributed by atoms with van der Waals surface area (Å²) in [4.78, 5) is 16.7. The lowest BCUT2D eigenvalue weighted by Gasteiger charge is -2.32. The Kier molecular flexibility index (Phi) is 14.0. The monoisotopic (exact) mass is 593 g/mol. The van der Waals surface area contributed by atoms with Crippen LogP contribution in [0.3, 0.4) is 0 Å². The summed E-state index contributed by atoms with van der Waals surface area (Å²) in [6.45, 7) is 14.7. The Labute approximate surface area is 256 Å². The lowest BCUT2D eigenvalue weighted by atomic mass is 9.90. The molecule has 3 aliphatic rings. The second-order valence-corrected chi connectivity index (χ2v) is 12.3. The van der Waals surface area contributed by atoms with E-state index in [1.165, 1.54) is 31.4 Å². The molecule has 0 aromatic rings. The summed E-state index contributed by atoms with van der Waals surface area (Å²) < 4.78 is 13.0. The van der Waals surface area contributed by atoms with Crippen molar-refractivity contribution < 1.29 is 9.50 Å². The Bertz CT molecular complexity index is 1220. The highest BCUT2D eigenvalue weighted by atomic mass is 32.2. The molecule has 0 saturated carbocycles. The van der Waals surface area contributed by atoms with Crippen molar-refractivity contribution in [1.82, 2.24) is 14.7 Å². The molecule has 0 radical (unpaired) electrons. The molecule has 6 nitrogen and oxygen atoms in total. The number of likely N-dealkylation sites (tertiary alicyclic amines) is 1. The lowest BCUT2D eigenvalue weighted by Crippen LogP contribution is -2.35. The van der Waals surface area contributed by atoms with E-state index >= 15 is 0 Å². The third kappa shape index (κ3) is 9.65. The van der Waals surface area contributed by atoms with Crippen LogP contribution in [0.15, 0.2) is 98.1 Å². The van der Waals surface area contributed by atoms with Gasteiger partial charge in [0.1, 0.15) is 5.84 Å². The third-order valence-electron chi connectivity index (χ3n) is 7.69. The van der Waals surface area contributed by atoms with Crippen molar-refractivity contribution >= 4 is 24.3 Å². The predicted octanol–water partition coefficient (Wildman–Crippen LogP) is 6.51. The van der Waals surface area contributed by atoms with Crippen molar-refractivity contribution in [2.24, 2.45) is 21.8 Å². The van der Waals surface area contributed by atoms with E-state index in [0.29, 0.717) is 11.6 Å². The van der Waals surface area contributed by atoms with Crippen molar-refractivity contribution in [3.8, 4) is 0 Å². The Morgan fingerprint density at radius 2 is 2.17 bits per heavy atom.